The Morgan fingerprint density at radius 2 is 1.76 bits per heavy atom. The number of ether oxygens (including phenoxy) is 2. The second-order valence-electron chi connectivity index (χ2n) is 7.96. The van der Waals surface area contributed by atoms with Gasteiger partial charge in [-0.25, -0.2) is 4.39 Å². The molecule has 0 saturated carbocycles. The molecule has 0 aliphatic heterocycles. The van der Waals surface area contributed by atoms with E-state index in [1.54, 1.807) is 24.3 Å². The van der Waals surface area contributed by atoms with E-state index >= 15 is 0 Å². The van der Waals surface area contributed by atoms with Gasteiger partial charge in [0.1, 0.15) is 11.8 Å². The Balaban J connectivity index is 1.59. The molecular formula is C27H22FNO3S. The molecule has 0 bridgehead atoms. The summed E-state index contributed by atoms with van der Waals surface area (Å²) >= 11 is 1.51. The summed E-state index contributed by atoms with van der Waals surface area (Å²) in [6.07, 6.45) is -1.19. The van der Waals surface area contributed by atoms with Crippen LogP contribution in [0.1, 0.15) is 36.3 Å². The van der Waals surface area contributed by atoms with Gasteiger partial charge in [-0.05, 0) is 46.3 Å². The van der Waals surface area contributed by atoms with Crippen LogP contribution in [-0.4, -0.2) is 5.97 Å². The van der Waals surface area contributed by atoms with Gasteiger partial charge < -0.3 is 9.47 Å². The normalized spacial score (nSPS) is 12.8. The summed E-state index contributed by atoms with van der Waals surface area (Å²) in [5.41, 5.74) is 0.344. The molecule has 6 heteroatoms. The standard InChI is InChI=1S/C27H22FNO3S/c1-17(2)25(26-21-11-7-6-8-19(21)16-33-26)27(30)32-24(15-29)18-12-13-22(28)23(14-18)31-20-9-4-3-5-10-20/h3-14,16-17,24-25H,1-2H3. The number of hydrogen-bond acceptors (Lipinski definition) is 5. The summed E-state index contributed by atoms with van der Waals surface area (Å²) in [4.78, 5) is 14.2. The molecule has 2 unspecified atom stereocenters. The zero-order valence-corrected chi connectivity index (χ0v) is 19.0. The molecule has 3 aromatic carbocycles. The monoisotopic (exact) mass is 459 g/mol. The van der Waals surface area contributed by atoms with Gasteiger partial charge in [-0.1, -0.05) is 62.4 Å². The summed E-state index contributed by atoms with van der Waals surface area (Å²) in [5, 5.41) is 13.8. The van der Waals surface area contributed by atoms with Crippen LogP contribution in [0.4, 0.5) is 4.39 Å². The van der Waals surface area contributed by atoms with E-state index in [4.69, 9.17) is 9.47 Å². The lowest BCUT2D eigenvalue weighted by molar-refractivity contribution is -0.149. The number of para-hydroxylation sites is 1. The van der Waals surface area contributed by atoms with Gasteiger partial charge in [0, 0.05) is 10.4 Å². The summed E-state index contributed by atoms with van der Waals surface area (Å²) in [5.74, 6) is -1.20. The second kappa shape index (κ2) is 9.85. The predicted octanol–water partition coefficient (Wildman–Crippen LogP) is 7.38. The fourth-order valence-electron chi connectivity index (χ4n) is 3.67. The van der Waals surface area contributed by atoms with Crippen molar-refractivity contribution in [1.82, 2.24) is 0 Å². The van der Waals surface area contributed by atoms with E-state index in [9.17, 15) is 14.4 Å². The van der Waals surface area contributed by atoms with Crippen molar-refractivity contribution in [3.8, 4) is 17.6 Å². The predicted molar refractivity (Wildman–Crippen MR) is 127 cm³/mol. The Labute approximate surface area is 195 Å². The van der Waals surface area contributed by atoms with E-state index in [0.717, 1.165) is 15.6 Å². The highest BCUT2D eigenvalue weighted by Gasteiger charge is 2.31. The van der Waals surface area contributed by atoms with E-state index in [-0.39, 0.29) is 11.7 Å². The molecule has 1 heterocycles. The zero-order chi connectivity index (χ0) is 23.4. The minimum atomic E-state index is -1.19. The highest BCUT2D eigenvalue weighted by molar-refractivity contribution is 7.11. The average molecular weight is 460 g/mol. The van der Waals surface area contributed by atoms with Crippen LogP contribution in [0.25, 0.3) is 10.8 Å². The van der Waals surface area contributed by atoms with Gasteiger partial charge in [0.05, 0.1) is 5.92 Å². The van der Waals surface area contributed by atoms with Crippen LogP contribution < -0.4 is 4.74 Å². The van der Waals surface area contributed by atoms with Crippen molar-refractivity contribution in [3.05, 3.63) is 94.4 Å². The number of carbonyl (C=O) groups is 1. The molecule has 0 N–H and O–H groups in total. The Kier molecular flexibility index (Phi) is 6.71. The van der Waals surface area contributed by atoms with E-state index in [0.29, 0.717) is 11.3 Å². The maximum absolute atomic E-state index is 14.3. The third-order valence-corrected chi connectivity index (χ3v) is 6.42. The Morgan fingerprint density at radius 3 is 2.48 bits per heavy atom. The fraction of sp³-hybridized carbons (Fsp3) is 0.185. The first-order valence-corrected chi connectivity index (χ1v) is 11.4. The number of rotatable bonds is 7. The molecular weight excluding hydrogens is 437 g/mol. The van der Waals surface area contributed by atoms with Gasteiger partial charge in [0.2, 0.25) is 6.10 Å². The number of carbonyl (C=O) groups excluding carboxylic acids is 1. The summed E-state index contributed by atoms with van der Waals surface area (Å²) in [7, 11) is 0. The van der Waals surface area contributed by atoms with Crippen LogP contribution in [0.3, 0.4) is 0 Å². The van der Waals surface area contributed by atoms with Gasteiger partial charge in [-0.15, -0.1) is 11.3 Å². The molecule has 4 rings (SSSR count). The molecule has 4 nitrogen and oxygen atoms in total. The molecule has 0 spiro atoms. The number of nitrogens with zero attached hydrogens (tertiary/aromatic N) is 1. The lowest BCUT2D eigenvalue weighted by Gasteiger charge is -2.21. The number of nitriles is 1. The Bertz CT molecular complexity index is 1310. The quantitative estimate of drug-likeness (QED) is 0.271. The highest BCUT2D eigenvalue weighted by atomic mass is 32.1. The smallest absolute Gasteiger partial charge is 0.316 e. The lowest BCUT2D eigenvalue weighted by atomic mass is 9.92. The Hall–Kier alpha value is -3.69. The van der Waals surface area contributed by atoms with Gasteiger partial charge >= 0.3 is 5.97 Å². The molecule has 0 fully saturated rings. The molecule has 0 radical (unpaired) electrons. The first kappa shape index (κ1) is 22.5. The molecule has 2 atom stereocenters. The molecule has 0 amide bonds. The second-order valence-corrected chi connectivity index (χ2v) is 8.87. The van der Waals surface area contributed by atoms with Crippen molar-refractivity contribution in [2.24, 2.45) is 5.92 Å². The third-order valence-electron chi connectivity index (χ3n) is 5.32. The van der Waals surface area contributed by atoms with Crippen molar-refractivity contribution < 1.29 is 18.7 Å². The molecule has 4 aromatic rings. The van der Waals surface area contributed by atoms with Gasteiger partial charge in [0.15, 0.2) is 11.6 Å². The van der Waals surface area contributed by atoms with Crippen molar-refractivity contribution >= 4 is 28.1 Å². The van der Waals surface area contributed by atoms with Crippen molar-refractivity contribution in [2.75, 3.05) is 0 Å². The van der Waals surface area contributed by atoms with E-state index in [1.807, 2.05) is 55.6 Å². The van der Waals surface area contributed by atoms with E-state index in [2.05, 4.69) is 0 Å². The molecule has 1 aromatic heterocycles. The van der Waals surface area contributed by atoms with E-state index in [1.165, 1.54) is 29.5 Å². The molecule has 0 aliphatic carbocycles. The fourth-order valence-corrected chi connectivity index (χ4v) is 4.96. The highest BCUT2D eigenvalue weighted by Crippen LogP contribution is 2.38. The maximum atomic E-state index is 14.3. The number of thiophene rings is 1. The first-order valence-electron chi connectivity index (χ1n) is 10.6. The van der Waals surface area contributed by atoms with Crippen LogP contribution in [0.2, 0.25) is 0 Å². The van der Waals surface area contributed by atoms with Crippen LogP contribution >= 0.6 is 11.3 Å². The number of esters is 1. The summed E-state index contributed by atoms with van der Waals surface area (Å²) in [6, 6.07) is 22.7. The third kappa shape index (κ3) is 4.89. The average Bonchev–Trinajstić information content (AvgIpc) is 3.23. The van der Waals surface area contributed by atoms with Gasteiger partial charge in [0.25, 0.3) is 0 Å². The lowest BCUT2D eigenvalue weighted by Crippen LogP contribution is -2.22. The van der Waals surface area contributed by atoms with Crippen LogP contribution in [0.5, 0.6) is 11.5 Å². The Morgan fingerprint density at radius 1 is 1.03 bits per heavy atom. The van der Waals surface area contributed by atoms with E-state index < -0.39 is 23.8 Å². The zero-order valence-electron chi connectivity index (χ0n) is 18.2. The van der Waals surface area contributed by atoms with Crippen LogP contribution in [-0.2, 0) is 9.53 Å². The largest absolute Gasteiger partial charge is 0.454 e. The number of hydrogen-bond donors (Lipinski definition) is 0. The number of fused-ring (bicyclic) bond motifs is 1. The molecule has 0 aliphatic rings. The van der Waals surface area contributed by atoms with Crippen LogP contribution in [0, 0.1) is 23.1 Å². The minimum Gasteiger partial charge on any atom is -0.454 e. The maximum Gasteiger partial charge on any atom is 0.316 e. The van der Waals surface area contributed by atoms with Crippen molar-refractivity contribution in [2.45, 2.75) is 25.9 Å². The molecule has 33 heavy (non-hydrogen) atoms. The van der Waals surface area contributed by atoms with Crippen LogP contribution in [0.15, 0.2) is 78.2 Å². The van der Waals surface area contributed by atoms with Crippen molar-refractivity contribution in [1.29, 1.82) is 5.26 Å². The van der Waals surface area contributed by atoms with Gasteiger partial charge in [-0.2, -0.15) is 5.26 Å². The summed E-state index contributed by atoms with van der Waals surface area (Å²) < 4.78 is 25.6. The van der Waals surface area contributed by atoms with Crippen molar-refractivity contribution in [3.63, 3.8) is 0 Å². The minimum absolute atomic E-state index is 0.0379. The topological polar surface area (TPSA) is 59.3 Å². The molecule has 166 valence electrons. The van der Waals surface area contributed by atoms with Gasteiger partial charge in [-0.3, -0.25) is 4.79 Å². The SMILES string of the molecule is CC(C)C(C(=O)OC(C#N)c1ccc(F)c(Oc2ccccc2)c1)c1scc2ccccc12. The molecule has 0 saturated heterocycles. The number of halogens is 1. The summed E-state index contributed by atoms with van der Waals surface area (Å²) in [6.45, 7) is 3.90. The first-order chi connectivity index (χ1) is 16.0. The number of benzene rings is 3.